The van der Waals surface area contributed by atoms with Crippen LogP contribution in [0.1, 0.15) is 31.1 Å². The number of esters is 1. The lowest BCUT2D eigenvalue weighted by Gasteiger charge is -2.18. The molecule has 0 radical (unpaired) electrons. The fourth-order valence-electron chi connectivity index (χ4n) is 3.40. The number of aromatic nitrogens is 2. The van der Waals surface area contributed by atoms with Crippen LogP contribution in [0.2, 0.25) is 0 Å². The van der Waals surface area contributed by atoms with Crippen molar-refractivity contribution in [3.63, 3.8) is 0 Å². The van der Waals surface area contributed by atoms with Crippen molar-refractivity contribution in [2.45, 2.75) is 25.7 Å². The second kappa shape index (κ2) is 11.6. The van der Waals surface area contributed by atoms with Crippen molar-refractivity contribution in [1.29, 1.82) is 0 Å². The first-order valence-electron chi connectivity index (χ1n) is 11.1. The number of nitro groups is 1. The van der Waals surface area contributed by atoms with Gasteiger partial charge in [0.25, 0.3) is 0 Å². The van der Waals surface area contributed by atoms with Crippen molar-refractivity contribution in [3.05, 3.63) is 70.5 Å². The quantitative estimate of drug-likeness (QED) is 0.217. The van der Waals surface area contributed by atoms with Gasteiger partial charge in [0.2, 0.25) is 21.7 Å². The van der Waals surface area contributed by atoms with Crippen molar-refractivity contribution in [1.82, 2.24) is 14.3 Å². The van der Waals surface area contributed by atoms with E-state index in [1.54, 1.807) is 39.0 Å². The summed E-state index contributed by atoms with van der Waals surface area (Å²) in [5.41, 5.74) is 0.380. The van der Waals surface area contributed by atoms with Gasteiger partial charge in [0, 0.05) is 18.8 Å². The van der Waals surface area contributed by atoms with Crippen LogP contribution in [-0.4, -0.2) is 53.3 Å². The predicted octanol–water partition coefficient (Wildman–Crippen LogP) is 4.08. The Morgan fingerprint density at radius 2 is 1.61 bits per heavy atom. The molecular formula is C23H26N6O6S. The lowest BCUT2D eigenvalue weighted by atomic mass is 10.2. The molecule has 12 nitrogen and oxygen atoms in total. The molecule has 0 saturated carbocycles. The molecule has 2 N–H and O–H groups in total. The molecule has 36 heavy (non-hydrogen) atoms. The molecule has 2 aromatic carbocycles. The Morgan fingerprint density at radius 1 is 1.00 bits per heavy atom. The second-order valence-corrected chi connectivity index (χ2v) is 9.24. The van der Waals surface area contributed by atoms with E-state index in [1.165, 1.54) is 34.6 Å². The summed E-state index contributed by atoms with van der Waals surface area (Å²) in [5, 5.41) is 17.6. The van der Waals surface area contributed by atoms with E-state index in [-0.39, 0.29) is 34.4 Å². The van der Waals surface area contributed by atoms with Gasteiger partial charge in [-0.1, -0.05) is 26.0 Å². The van der Waals surface area contributed by atoms with E-state index in [9.17, 15) is 23.3 Å². The SMILES string of the molecule is CCOC(=O)c1ccccc1Nc1ncnc(Nc2ccc(S(=O)(=O)N(CC)CC)cc2)c1[N+](=O)[O-]. The maximum Gasteiger partial charge on any atom is 0.353 e. The molecule has 1 heterocycles. The van der Waals surface area contributed by atoms with Crippen LogP contribution >= 0.6 is 0 Å². The number of carbonyl (C=O) groups is 1. The lowest BCUT2D eigenvalue weighted by Crippen LogP contribution is -2.30. The molecule has 0 aliphatic carbocycles. The van der Waals surface area contributed by atoms with Gasteiger partial charge in [-0.05, 0) is 43.3 Å². The highest BCUT2D eigenvalue weighted by Gasteiger charge is 2.25. The monoisotopic (exact) mass is 514 g/mol. The van der Waals surface area contributed by atoms with E-state index in [0.717, 1.165) is 6.33 Å². The van der Waals surface area contributed by atoms with Crippen molar-refractivity contribution >= 4 is 44.7 Å². The zero-order chi connectivity index (χ0) is 26.3. The number of nitrogens with one attached hydrogen (secondary N) is 2. The Labute approximate surface area is 208 Å². The Balaban J connectivity index is 1.93. The van der Waals surface area contributed by atoms with Gasteiger partial charge in [0.05, 0.1) is 27.7 Å². The van der Waals surface area contributed by atoms with Gasteiger partial charge < -0.3 is 15.4 Å². The third-order valence-electron chi connectivity index (χ3n) is 5.14. The number of ether oxygens (including phenoxy) is 1. The number of carbonyl (C=O) groups excluding carboxylic acids is 1. The fraction of sp³-hybridized carbons (Fsp3) is 0.261. The van der Waals surface area contributed by atoms with Crippen LogP contribution in [0.5, 0.6) is 0 Å². The van der Waals surface area contributed by atoms with Gasteiger partial charge in [0.1, 0.15) is 6.33 Å². The van der Waals surface area contributed by atoms with Crippen molar-refractivity contribution in [3.8, 4) is 0 Å². The number of anilines is 4. The van der Waals surface area contributed by atoms with E-state index in [0.29, 0.717) is 18.8 Å². The summed E-state index contributed by atoms with van der Waals surface area (Å²) in [5.74, 6) is -0.851. The Bertz CT molecular complexity index is 1340. The molecule has 0 amide bonds. The molecule has 0 atom stereocenters. The minimum atomic E-state index is -3.65. The summed E-state index contributed by atoms with van der Waals surface area (Å²) in [4.78, 5) is 31.6. The topological polar surface area (TPSA) is 157 Å². The number of hydrogen-bond donors (Lipinski definition) is 2. The molecule has 0 bridgehead atoms. The molecule has 13 heteroatoms. The third-order valence-corrected chi connectivity index (χ3v) is 7.20. The summed E-state index contributed by atoms with van der Waals surface area (Å²) in [6.07, 6.45) is 1.13. The molecule has 0 aliphatic heterocycles. The molecule has 3 rings (SSSR count). The van der Waals surface area contributed by atoms with Gasteiger partial charge in [0.15, 0.2) is 0 Å². The van der Waals surface area contributed by atoms with E-state index < -0.39 is 26.6 Å². The minimum absolute atomic E-state index is 0.104. The molecular weight excluding hydrogens is 488 g/mol. The third kappa shape index (κ3) is 5.75. The summed E-state index contributed by atoms with van der Waals surface area (Å²) in [7, 11) is -3.65. The molecule has 0 spiro atoms. The lowest BCUT2D eigenvalue weighted by molar-refractivity contribution is -0.383. The Morgan fingerprint density at radius 3 is 2.19 bits per heavy atom. The predicted molar refractivity (Wildman–Crippen MR) is 134 cm³/mol. The summed E-state index contributed by atoms with van der Waals surface area (Å²) in [6, 6.07) is 12.2. The standard InChI is InChI=1S/C23H26N6O6S/c1-4-28(5-2)36(33,34)17-13-11-16(12-14-17)26-21-20(29(31)32)22(25-15-24-21)27-19-10-8-7-9-18(19)23(30)35-6-3/h7-15H,4-6H2,1-3H3,(H2,24,25,26,27). The van der Waals surface area contributed by atoms with Crippen LogP contribution in [0, 0.1) is 10.1 Å². The van der Waals surface area contributed by atoms with Gasteiger partial charge in [-0.25, -0.2) is 23.2 Å². The molecule has 0 saturated heterocycles. The van der Waals surface area contributed by atoms with Crippen LogP contribution in [0.3, 0.4) is 0 Å². The van der Waals surface area contributed by atoms with Gasteiger partial charge in [-0.2, -0.15) is 4.31 Å². The number of hydrogen-bond acceptors (Lipinski definition) is 10. The highest BCUT2D eigenvalue weighted by Crippen LogP contribution is 2.34. The highest BCUT2D eigenvalue weighted by atomic mass is 32.2. The highest BCUT2D eigenvalue weighted by molar-refractivity contribution is 7.89. The Hall–Kier alpha value is -4.10. The summed E-state index contributed by atoms with van der Waals surface area (Å²) in [6.45, 7) is 6.02. The number of benzene rings is 2. The van der Waals surface area contributed by atoms with Crippen molar-refractivity contribution in [2.75, 3.05) is 30.3 Å². The van der Waals surface area contributed by atoms with E-state index in [1.807, 2.05) is 0 Å². The molecule has 1 aromatic heterocycles. The van der Waals surface area contributed by atoms with Gasteiger partial charge in [-0.15, -0.1) is 0 Å². The van der Waals surface area contributed by atoms with E-state index in [4.69, 9.17) is 4.74 Å². The number of para-hydroxylation sites is 1. The smallest absolute Gasteiger partial charge is 0.353 e. The average Bonchev–Trinajstić information content (AvgIpc) is 2.85. The first-order chi connectivity index (χ1) is 17.2. The fourth-order valence-corrected chi connectivity index (χ4v) is 4.86. The normalized spacial score (nSPS) is 11.2. The number of sulfonamides is 1. The van der Waals surface area contributed by atoms with Crippen molar-refractivity contribution in [2.24, 2.45) is 0 Å². The number of nitrogens with zero attached hydrogens (tertiary/aromatic N) is 4. The van der Waals surface area contributed by atoms with E-state index in [2.05, 4.69) is 20.6 Å². The molecule has 0 fully saturated rings. The first kappa shape index (κ1) is 26.5. The molecule has 3 aromatic rings. The molecule has 190 valence electrons. The largest absolute Gasteiger partial charge is 0.462 e. The number of rotatable bonds is 11. The maximum atomic E-state index is 12.7. The maximum absolute atomic E-state index is 12.7. The van der Waals surface area contributed by atoms with Crippen LogP contribution in [0.4, 0.5) is 28.7 Å². The van der Waals surface area contributed by atoms with Gasteiger partial charge in [-0.3, -0.25) is 10.1 Å². The molecule has 0 aliphatic rings. The zero-order valence-corrected chi connectivity index (χ0v) is 20.8. The average molecular weight is 515 g/mol. The van der Waals surface area contributed by atoms with Crippen LogP contribution in [-0.2, 0) is 14.8 Å². The zero-order valence-electron chi connectivity index (χ0n) is 20.0. The van der Waals surface area contributed by atoms with Crippen LogP contribution < -0.4 is 10.6 Å². The van der Waals surface area contributed by atoms with Gasteiger partial charge >= 0.3 is 11.7 Å². The van der Waals surface area contributed by atoms with Crippen molar-refractivity contribution < 1.29 is 22.9 Å². The van der Waals surface area contributed by atoms with E-state index >= 15 is 0 Å². The van der Waals surface area contributed by atoms with Crippen LogP contribution in [0.15, 0.2) is 59.8 Å². The summed E-state index contributed by atoms with van der Waals surface area (Å²) >= 11 is 0. The first-order valence-corrected chi connectivity index (χ1v) is 12.6. The minimum Gasteiger partial charge on any atom is -0.462 e. The summed E-state index contributed by atoms with van der Waals surface area (Å²) < 4.78 is 31.8. The second-order valence-electron chi connectivity index (χ2n) is 7.31. The Kier molecular flexibility index (Phi) is 8.51. The van der Waals surface area contributed by atoms with Crippen LogP contribution in [0.25, 0.3) is 0 Å². The molecule has 0 unspecified atom stereocenters.